The summed E-state index contributed by atoms with van der Waals surface area (Å²) in [6, 6.07) is 0. The first kappa shape index (κ1) is 17.3. The van der Waals surface area contributed by atoms with Crippen molar-refractivity contribution in [2.45, 2.75) is 71.6 Å². The summed E-state index contributed by atoms with van der Waals surface area (Å²) >= 11 is 0. The molecule has 2 heteroatoms. The molecule has 0 bridgehead atoms. The van der Waals surface area contributed by atoms with Crippen LogP contribution in [-0.2, 0) is 0 Å². The second kappa shape index (κ2) is 9.84. The Kier molecular flexibility index (Phi) is 8.10. The maximum absolute atomic E-state index is 3.48. The molecule has 2 aliphatic heterocycles. The Bertz CT molecular complexity index is 258. The van der Waals surface area contributed by atoms with E-state index in [1.54, 1.807) is 0 Å². The molecule has 124 valence electrons. The van der Waals surface area contributed by atoms with E-state index in [1.165, 1.54) is 90.5 Å². The van der Waals surface area contributed by atoms with E-state index >= 15 is 0 Å². The number of hydrogen-bond donors (Lipinski definition) is 1. The zero-order valence-electron chi connectivity index (χ0n) is 14.6. The molecule has 0 aromatic heterocycles. The molecule has 2 aliphatic rings. The van der Waals surface area contributed by atoms with Crippen molar-refractivity contribution in [2.24, 2.45) is 17.8 Å². The summed E-state index contributed by atoms with van der Waals surface area (Å²) in [5.41, 5.74) is 0. The zero-order chi connectivity index (χ0) is 14.9. The van der Waals surface area contributed by atoms with Gasteiger partial charge in [0.15, 0.2) is 0 Å². The van der Waals surface area contributed by atoms with E-state index in [1.807, 2.05) is 0 Å². The molecular weight excluding hydrogens is 256 g/mol. The molecule has 2 nitrogen and oxygen atoms in total. The Hall–Kier alpha value is -0.0800. The molecular formula is C19H38N2. The van der Waals surface area contributed by atoms with E-state index in [-0.39, 0.29) is 0 Å². The quantitative estimate of drug-likeness (QED) is 0.638. The van der Waals surface area contributed by atoms with E-state index in [0.717, 1.165) is 17.8 Å². The Labute approximate surface area is 133 Å². The summed E-state index contributed by atoms with van der Waals surface area (Å²) in [6.07, 6.45) is 13.0. The molecule has 2 saturated heterocycles. The average Bonchev–Trinajstić information content (AvgIpc) is 2.92. The second-order valence-corrected chi connectivity index (χ2v) is 7.97. The summed E-state index contributed by atoms with van der Waals surface area (Å²) in [6.45, 7) is 11.3. The fourth-order valence-corrected chi connectivity index (χ4v) is 4.11. The molecule has 0 aromatic rings. The zero-order valence-corrected chi connectivity index (χ0v) is 14.6. The highest BCUT2D eigenvalue weighted by Gasteiger charge is 2.22. The molecule has 1 unspecified atom stereocenters. The Balaban J connectivity index is 1.47. The van der Waals surface area contributed by atoms with Crippen LogP contribution in [0.4, 0.5) is 0 Å². The molecule has 0 amide bonds. The van der Waals surface area contributed by atoms with Gasteiger partial charge in [-0.1, -0.05) is 39.5 Å². The summed E-state index contributed by atoms with van der Waals surface area (Å²) < 4.78 is 0. The van der Waals surface area contributed by atoms with Gasteiger partial charge in [-0.25, -0.2) is 0 Å². The van der Waals surface area contributed by atoms with Gasteiger partial charge >= 0.3 is 0 Å². The van der Waals surface area contributed by atoms with Crippen molar-refractivity contribution in [1.82, 2.24) is 10.2 Å². The highest BCUT2D eigenvalue weighted by Crippen LogP contribution is 2.25. The minimum absolute atomic E-state index is 0.881. The lowest BCUT2D eigenvalue weighted by Gasteiger charge is -2.23. The third-order valence-corrected chi connectivity index (χ3v) is 5.56. The van der Waals surface area contributed by atoms with E-state index in [0.29, 0.717) is 0 Å². The summed E-state index contributed by atoms with van der Waals surface area (Å²) in [7, 11) is 0. The number of nitrogens with one attached hydrogen (secondary N) is 1. The second-order valence-electron chi connectivity index (χ2n) is 7.97. The van der Waals surface area contributed by atoms with Crippen LogP contribution >= 0.6 is 0 Å². The van der Waals surface area contributed by atoms with Crippen LogP contribution in [0.25, 0.3) is 0 Å². The Morgan fingerprint density at radius 3 is 2.48 bits per heavy atom. The van der Waals surface area contributed by atoms with Crippen molar-refractivity contribution in [3.05, 3.63) is 0 Å². The van der Waals surface area contributed by atoms with Crippen molar-refractivity contribution in [1.29, 1.82) is 0 Å². The Morgan fingerprint density at radius 2 is 1.71 bits per heavy atom. The van der Waals surface area contributed by atoms with Crippen LogP contribution in [0.2, 0.25) is 0 Å². The molecule has 0 spiro atoms. The number of unbranched alkanes of at least 4 members (excludes halogenated alkanes) is 1. The van der Waals surface area contributed by atoms with E-state index in [2.05, 4.69) is 24.1 Å². The smallest absolute Gasteiger partial charge is 0.00101 e. The van der Waals surface area contributed by atoms with Gasteiger partial charge in [0.1, 0.15) is 0 Å². The van der Waals surface area contributed by atoms with Gasteiger partial charge in [0.25, 0.3) is 0 Å². The van der Waals surface area contributed by atoms with Gasteiger partial charge in [0.05, 0.1) is 0 Å². The van der Waals surface area contributed by atoms with E-state index in [4.69, 9.17) is 0 Å². The van der Waals surface area contributed by atoms with Crippen LogP contribution < -0.4 is 5.32 Å². The first-order valence-electron chi connectivity index (χ1n) is 9.67. The molecule has 2 fully saturated rings. The van der Waals surface area contributed by atoms with Gasteiger partial charge in [0.2, 0.25) is 0 Å². The van der Waals surface area contributed by atoms with Gasteiger partial charge in [0, 0.05) is 6.54 Å². The largest absolute Gasteiger partial charge is 0.317 e. The van der Waals surface area contributed by atoms with Crippen molar-refractivity contribution in [3.8, 4) is 0 Å². The maximum Gasteiger partial charge on any atom is 0.00101 e. The molecule has 0 aromatic carbocycles. The number of rotatable bonds is 9. The van der Waals surface area contributed by atoms with Gasteiger partial charge < -0.3 is 10.2 Å². The molecule has 1 atom stereocenters. The lowest BCUT2D eigenvalue weighted by molar-refractivity contribution is 0.299. The van der Waals surface area contributed by atoms with Crippen molar-refractivity contribution in [2.75, 3.05) is 32.7 Å². The van der Waals surface area contributed by atoms with Crippen LogP contribution in [0.1, 0.15) is 71.6 Å². The molecule has 0 saturated carbocycles. The molecule has 0 radical (unpaired) electrons. The third kappa shape index (κ3) is 7.15. The van der Waals surface area contributed by atoms with Crippen molar-refractivity contribution >= 4 is 0 Å². The lowest BCUT2D eigenvalue weighted by Crippen LogP contribution is -2.27. The minimum Gasteiger partial charge on any atom is -0.317 e. The molecule has 2 heterocycles. The third-order valence-electron chi connectivity index (χ3n) is 5.56. The number of likely N-dealkylation sites (tertiary alicyclic amines) is 1. The first-order chi connectivity index (χ1) is 10.2. The number of hydrogen-bond acceptors (Lipinski definition) is 2. The SMILES string of the molecule is CC(C)CCCCN1CCC(CCCC2CCNCC2)C1. The van der Waals surface area contributed by atoms with Crippen LogP contribution in [0.15, 0.2) is 0 Å². The van der Waals surface area contributed by atoms with Crippen LogP contribution in [0.3, 0.4) is 0 Å². The van der Waals surface area contributed by atoms with Crippen LogP contribution in [-0.4, -0.2) is 37.6 Å². The molecule has 2 rings (SSSR count). The van der Waals surface area contributed by atoms with Gasteiger partial charge in [-0.2, -0.15) is 0 Å². The monoisotopic (exact) mass is 294 g/mol. The summed E-state index contributed by atoms with van der Waals surface area (Å²) in [5.74, 6) is 2.92. The average molecular weight is 295 g/mol. The molecule has 21 heavy (non-hydrogen) atoms. The predicted octanol–water partition coefficient (Wildman–Crippen LogP) is 4.30. The fraction of sp³-hybridized carbons (Fsp3) is 1.00. The predicted molar refractivity (Wildman–Crippen MR) is 92.7 cm³/mol. The normalized spacial score (nSPS) is 25.0. The van der Waals surface area contributed by atoms with Gasteiger partial charge in [-0.3, -0.25) is 0 Å². The van der Waals surface area contributed by atoms with Crippen LogP contribution in [0.5, 0.6) is 0 Å². The standard InChI is InChI=1S/C19H38N2/c1-17(2)6-3-4-14-21-15-11-19(16-21)8-5-7-18-9-12-20-13-10-18/h17-20H,3-16H2,1-2H3. The van der Waals surface area contributed by atoms with E-state index < -0.39 is 0 Å². The van der Waals surface area contributed by atoms with Crippen LogP contribution in [0, 0.1) is 17.8 Å². The van der Waals surface area contributed by atoms with Gasteiger partial charge in [-0.15, -0.1) is 0 Å². The summed E-state index contributed by atoms with van der Waals surface area (Å²) in [4.78, 5) is 2.73. The lowest BCUT2D eigenvalue weighted by atomic mass is 9.90. The number of piperidine rings is 1. The maximum atomic E-state index is 3.48. The number of nitrogens with zero attached hydrogens (tertiary/aromatic N) is 1. The Morgan fingerprint density at radius 1 is 0.952 bits per heavy atom. The molecule has 0 aliphatic carbocycles. The van der Waals surface area contributed by atoms with E-state index in [9.17, 15) is 0 Å². The first-order valence-corrected chi connectivity index (χ1v) is 9.67. The topological polar surface area (TPSA) is 15.3 Å². The highest BCUT2D eigenvalue weighted by molar-refractivity contribution is 4.76. The van der Waals surface area contributed by atoms with Gasteiger partial charge in [-0.05, 0) is 76.0 Å². The highest BCUT2D eigenvalue weighted by atomic mass is 15.1. The van der Waals surface area contributed by atoms with Crippen molar-refractivity contribution in [3.63, 3.8) is 0 Å². The minimum atomic E-state index is 0.881. The van der Waals surface area contributed by atoms with Crippen molar-refractivity contribution < 1.29 is 0 Å². The summed E-state index contributed by atoms with van der Waals surface area (Å²) in [5, 5.41) is 3.48. The molecule has 1 N–H and O–H groups in total. The fourth-order valence-electron chi connectivity index (χ4n) is 4.11.